The van der Waals surface area contributed by atoms with Crippen LogP contribution >= 0.6 is 0 Å². The topological polar surface area (TPSA) is 72.2 Å². The zero-order chi connectivity index (χ0) is 21.7. The van der Waals surface area contributed by atoms with Crippen LogP contribution < -0.4 is 11.1 Å². The first-order valence-corrected chi connectivity index (χ1v) is 8.89. The van der Waals surface area contributed by atoms with Gasteiger partial charge in [0.15, 0.2) is 5.78 Å². The predicted molar refractivity (Wildman–Crippen MR) is 110 cm³/mol. The lowest BCUT2D eigenvalue weighted by molar-refractivity contribution is -0.137. The molecule has 3 rings (SSSR count). The second-order valence-corrected chi connectivity index (χ2v) is 6.44. The number of amides is 1. The first kappa shape index (κ1) is 20.9. The molecule has 7 heteroatoms. The van der Waals surface area contributed by atoms with E-state index < -0.39 is 11.7 Å². The maximum Gasteiger partial charge on any atom is 0.416 e. The first-order valence-electron chi connectivity index (χ1n) is 8.89. The molecule has 1 amide bonds. The number of hydrogen-bond acceptors (Lipinski definition) is 3. The molecule has 0 fully saturated rings. The Morgan fingerprint density at radius 2 is 1.43 bits per heavy atom. The van der Waals surface area contributed by atoms with Gasteiger partial charge in [0.1, 0.15) is 0 Å². The Bertz CT molecular complexity index is 1090. The fraction of sp³-hybridized carbons (Fsp3) is 0.0435. The van der Waals surface area contributed by atoms with Gasteiger partial charge in [0, 0.05) is 11.1 Å². The monoisotopic (exact) mass is 410 g/mol. The summed E-state index contributed by atoms with van der Waals surface area (Å²) in [5, 5.41) is 2.69. The first-order chi connectivity index (χ1) is 14.2. The van der Waals surface area contributed by atoms with Gasteiger partial charge in [-0.1, -0.05) is 42.5 Å². The fourth-order valence-electron chi connectivity index (χ4n) is 2.64. The summed E-state index contributed by atoms with van der Waals surface area (Å²) in [7, 11) is 0. The van der Waals surface area contributed by atoms with E-state index in [-0.39, 0.29) is 11.7 Å². The average molecular weight is 410 g/mol. The fourth-order valence-corrected chi connectivity index (χ4v) is 2.64. The number of allylic oxidation sites excluding steroid dienone is 1. The van der Waals surface area contributed by atoms with Crippen LogP contribution in [0.1, 0.15) is 31.8 Å². The van der Waals surface area contributed by atoms with Crippen molar-refractivity contribution >= 4 is 29.1 Å². The number of rotatable bonds is 5. The van der Waals surface area contributed by atoms with Crippen molar-refractivity contribution < 1.29 is 22.8 Å². The van der Waals surface area contributed by atoms with Crippen molar-refractivity contribution in [3.63, 3.8) is 0 Å². The molecule has 0 aromatic heterocycles. The third-order valence-corrected chi connectivity index (χ3v) is 4.31. The molecule has 0 radical (unpaired) electrons. The van der Waals surface area contributed by atoms with Crippen molar-refractivity contribution in [2.24, 2.45) is 0 Å². The van der Waals surface area contributed by atoms with Crippen LogP contribution in [0.2, 0.25) is 0 Å². The third kappa shape index (κ3) is 5.14. The molecule has 0 saturated heterocycles. The standard InChI is InChI=1S/C23H17F3N2O2/c24-23(25,26)18-12-5-15(6-13-18)7-14-21(29)16-8-10-17(11-9-16)22(30)28-20-4-2-1-3-19(20)27/h1-14H,27H2,(H,28,30). The Labute approximate surface area is 170 Å². The van der Waals surface area contributed by atoms with Crippen molar-refractivity contribution in [2.75, 3.05) is 11.1 Å². The molecule has 30 heavy (non-hydrogen) atoms. The molecule has 4 nitrogen and oxygen atoms in total. The maximum absolute atomic E-state index is 12.6. The van der Waals surface area contributed by atoms with Crippen LogP contribution in [0.25, 0.3) is 6.08 Å². The lowest BCUT2D eigenvalue weighted by Gasteiger charge is -2.08. The Hall–Kier alpha value is -3.87. The number of hydrogen-bond donors (Lipinski definition) is 2. The zero-order valence-electron chi connectivity index (χ0n) is 15.6. The van der Waals surface area contributed by atoms with E-state index in [1.54, 1.807) is 24.3 Å². The highest BCUT2D eigenvalue weighted by atomic mass is 19.4. The van der Waals surface area contributed by atoms with E-state index in [9.17, 15) is 22.8 Å². The van der Waals surface area contributed by atoms with Gasteiger partial charge in [-0.3, -0.25) is 9.59 Å². The van der Waals surface area contributed by atoms with Crippen LogP contribution in [0.5, 0.6) is 0 Å². The molecule has 3 aromatic carbocycles. The highest BCUT2D eigenvalue weighted by Crippen LogP contribution is 2.29. The van der Waals surface area contributed by atoms with Gasteiger partial charge in [0.05, 0.1) is 16.9 Å². The molecule has 0 heterocycles. The Morgan fingerprint density at radius 3 is 2.03 bits per heavy atom. The molecule has 0 aliphatic heterocycles. The lowest BCUT2D eigenvalue weighted by atomic mass is 10.1. The molecule has 0 bridgehead atoms. The van der Waals surface area contributed by atoms with Crippen LogP contribution in [0.4, 0.5) is 24.5 Å². The van der Waals surface area contributed by atoms with Crippen molar-refractivity contribution in [1.82, 2.24) is 0 Å². The molecular weight excluding hydrogens is 393 g/mol. The number of nitrogen functional groups attached to an aromatic ring is 1. The third-order valence-electron chi connectivity index (χ3n) is 4.31. The zero-order valence-corrected chi connectivity index (χ0v) is 15.6. The van der Waals surface area contributed by atoms with Crippen molar-refractivity contribution in [2.45, 2.75) is 6.18 Å². The summed E-state index contributed by atoms with van der Waals surface area (Å²) in [6, 6.07) is 17.4. The number of carbonyl (C=O) groups is 2. The molecule has 0 aliphatic rings. The van der Waals surface area contributed by atoms with Gasteiger partial charge in [-0.25, -0.2) is 0 Å². The molecular formula is C23H17F3N2O2. The van der Waals surface area contributed by atoms with E-state index in [1.807, 2.05) is 0 Å². The number of anilines is 2. The highest BCUT2D eigenvalue weighted by molar-refractivity contribution is 6.09. The molecule has 3 N–H and O–H groups in total. The summed E-state index contributed by atoms with van der Waals surface area (Å²) < 4.78 is 37.7. The number of nitrogens with one attached hydrogen (secondary N) is 1. The largest absolute Gasteiger partial charge is 0.416 e. The van der Waals surface area contributed by atoms with Crippen LogP contribution in [-0.4, -0.2) is 11.7 Å². The van der Waals surface area contributed by atoms with Crippen molar-refractivity contribution in [3.05, 3.63) is 101 Å². The van der Waals surface area contributed by atoms with E-state index in [0.717, 1.165) is 12.1 Å². The van der Waals surface area contributed by atoms with Gasteiger partial charge < -0.3 is 11.1 Å². The van der Waals surface area contributed by atoms with Gasteiger partial charge in [-0.15, -0.1) is 0 Å². The lowest BCUT2D eigenvalue weighted by Crippen LogP contribution is -2.13. The number of benzene rings is 3. The number of nitrogens with two attached hydrogens (primary N) is 1. The Kier molecular flexibility index (Phi) is 6.01. The van der Waals surface area contributed by atoms with Gasteiger partial charge >= 0.3 is 6.18 Å². The quantitative estimate of drug-likeness (QED) is 0.334. The number of para-hydroxylation sites is 2. The molecule has 0 aliphatic carbocycles. The highest BCUT2D eigenvalue weighted by Gasteiger charge is 2.29. The minimum absolute atomic E-state index is 0.339. The molecule has 0 unspecified atom stereocenters. The van der Waals surface area contributed by atoms with E-state index in [4.69, 9.17) is 5.73 Å². The summed E-state index contributed by atoms with van der Waals surface area (Å²) in [5.74, 6) is -0.707. The second kappa shape index (κ2) is 8.65. The molecule has 0 saturated carbocycles. The smallest absolute Gasteiger partial charge is 0.397 e. The number of carbonyl (C=O) groups excluding carboxylic acids is 2. The van der Waals surface area contributed by atoms with E-state index in [1.165, 1.54) is 48.6 Å². The van der Waals surface area contributed by atoms with Gasteiger partial charge in [-0.05, 0) is 48.0 Å². The maximum atomic E-state index is 12.6. The van der Waals surface area contributed by atoms with Crippen LogP contribution in [0, 0.1) is 0 Å². The Balaban J connectivity index is 1.65. The van der Waals surface area contributed by atoms with Gasteiger partial charge in [0.2, 0.25) is 0 Å². The summed E-state index contributed by atoms with van der Waals surface area (Å²) in [6.45, 7) is 0. The molecule has 3 aromatic rings. The second-order valence-electron chi connectivity index (χ2n) is 6.44. The molecule has 0 spiro atoms. The number of halogens is 3. The predicted octanol–water partition coefficient (Wildman–Crippen LogP) is 5.44. The Morgan fingerprint density at radius 1 is 0.833 bits per heavy atom. The van der Waals surface area contributed by atoms with Crippen LogP contribution in [-0.2, 0) is 6.18 Å². The summed E-state index contributed by atoms with van der Waals surface area (Å²) >= 11 is 0. The molecule has 152 valence electrons. The minimum Gasteiger partial charge on any atom is -0.397 e. The summed E-state index contributed by atoms with van der Waals surface area (Å²) in [4.78, 5) is 24.6. The van der Waals surface area contributed by atoms with Crippen LogP contribution in [0.15, 0.2) is 78.9 Å². The number of ketones is 1. The van der Waals surface area contributed by atoms with Crippen molar-refractivity contribution in [3.8, 4) is 0 Å². The van der Waals surface area contributed by atoms with Gasteiger partial charge in [0.25, 0.3) is 5.91 Å². The SMILES string of the molecule is Nc1ccccc1NC(=O)c1ccc(C(=O)C=Cc2ccc(C(F)(F)F)cc2)cc1. The van der Waals surface area contributed by atoms with E-state index in [0.29, 0.717) is 28.1 Å². The average Bonchev–Trinajstić information content (AvgIpc) is 2.73. The molecule has 0 atom stereocenters. The van der Waals surface area contributed by atoms with Gasteiger partial charge in [-0.2, -0.15) is 13.2 Å². The summed E-state index contributed by atoms with van der Waals surface area (Å²) in [6.07, 6.45) is -1.71. The van der Waals surface area contributed by atoms with Crippen LogP contribution in [0.3, 0.4) is 0 Å². The van der Waals surface area contributed by atoms with E-state index >= 15 is 0 Å². The van der Waals surface area contributed by atoms with E-state index in [2.05, 4.69) is 5.32 Å². The minimum atomic E-state index is -4.40. The normalized spacial score (nSPS) is 11.4. The summed E-state index contributed by atoms with van der Waals surface area (Å²) in [5.41, 5.74) is 7.13. The van der Waals surface area contributed by atoms with Crippen molar-refractivity contribution in [1.29, 1.82) is 0 Å². The number of alkyl halides is 3.